The zero-order chi connectivity index (χ0) is 17.2. The largest absolute Gasteiger partial charge is 0.454 e. The van der Waals surface area contributed by atoms with Crippen molar-refractivity contribution in [3.05, 3.63) is 22.2 Å². The first-order valence-corrected chi connectivity index (χ1v) is 9.14. The first-order chi connectivity index (χ1) is 11.7. The summed E-state index contributed by atoms with van der Waals surface area (Å²) in [5.74, 6) is 2.31. The molecular formula is C17H26BrN3O3. The third kappa shape index (κ3) is 5.87. The van der Waals surface area contributed by atoms with E-state index in [0.717, 1.165) is 60.1 Å². The van der Waals surface area contributed by atoms with E-state index in [4.69, 9.17) is 14.2 Å². The number of hydrogen-bond donors (Lipinski definition) is 2. The molecule has 6 nitrogen and oxygen atoms in total. The minimum absolute atomic E-state index is 0.272. The van der Waals surface area contributed by atoms with Gasteiger partial charge in [0.05, 0.1) is 4.47 Å². The van der Waals surface area contributed by atoms with Crippen molar-refractivity contribution in [2.75, 3.05) is 33.6 Å². The number of nitrogens with one attached hydrogen (secondary N) is 2. The van der Waals surface area contributed by atoms with Crippen LogP contribution in [0, 0.1) is 0 Å². The van der Waals surface area contributed by atoms with Crippen LogP contribution < -0.4 is 20.1 Å². The van der Waals surface area contributed by atoms with E-state index in [2.05, 4.69) is 38.5 Å². The number of hydrogen-bond acceptors (Lipinski definition) is 4. The van der Waals surface area contributed by atoms with Gasteiger partial charge in [-0.1, -0.05) is 13.3 Å². The summed E-state index contributed by atoms with van der Waals surface area (Å²) in [6.45, 7) is 5.55. The number of rotatable bonds is 9. The van der Waals surface area contributed by atoms with Gasteiger partial charge >= 0.3 is 0 Å². The standard InChI is InChI=1S/C17H26BrN3O3/c1-3-4-7-22-8-5-6-20-17(19-2)21-11-13-9-14(18)16-15(10-13)23-12-24-16/h9-10H,3-8,11-12H2,1-2H3,(H2,19,20,21). The molecule has 0 aromatic heterocycles. The van der Waals surface area contributed by atoms with Crippen LogP contribution >= 0.6 is 15.9 Å². The summed E-state index contributed by atoms with van der Waals surface area (Å²) in [5.41, 5.74) is 1.09. The number of halogens is 1. The van der Waals surface area contributed by atoms with Crippen LogP contribution in [-0.2, 0) is 11.3 Å². The van der Waals surface area contributed by atoms with Crippen molar-refractivity contribution in [2.45, 2.75) is 32.7 Å². The first-order valence-electron chi connectivity index (χ1n) is 8.35. The van der Waals surface area contributed by atoms with Gasteiger partial charge < -0.3 is 24.8 Å². The summed E-state index contributed by atoms with van der Waals surface area (Å²) in [4.78, 5) is 4.23. The van der Waals surface area contributed by atoms with Gasteiger partial charge in [-0.3, -0.25) is 4.99 Å². The molecule has 0 saturated carbocycles. The Morgan fingerprint density at radius 1 is 1.25 bits per heavy atom. The van der Waals surface area contributed by atoms with Crippen molar-refractivity contribution in [2.24, 2.45) is 4.99 Å². The zero-order valence-electron chi connectivity index (χ0n) is 14.4. The molecule has 0 radical (unpaired) electrons. The van der Waals surface area contributed by atoms with Gasteiger partial charge in [-0.25, -0.2) is 0 Å². The van der Waals surface area contributed by atoms with Gasteiger partial charge in [0.15, 0.2) is 17.5 Å². The van der Waals surface area contributed by atoms with Gasteiger partial charge in [-0.15, -0.1) is 0 Å². The monoisotopic (exact) mass is 399 g/mol. The molecule has 0 unspecified atom stereocenters. The van der Waals surface area contributed by atoms with Crippen LogP contribution in [0.3, 0.4) is 0 Å². The molecule has 0 saturated heterocycles. The van der Waals surface area contributed by atoms with Crippen LogP contribution in [0.25, 0.3) is 0 Å². The normalized spacial score (nSPS) is 13.2. The average molecular weight is 400 g/mol. The maximum atomic E-state index is 5.54. The second-order valence-corrected chi connectivity index (χ2v) is 6.34. The van der Waals surface area contributed by atoms with E-state index in [1.807, 2.05) is 12.1 Å². The van der Waals surface area contributed by atoms with E-state index < -0.39 is 0 Å². The Bertz CT molecular complexity index is 552. The number of fused-ring (bicyclic) bond motifs is 1. The molecular weight excluding hydrogens is 374 g/mol. The lowest BCUT2D eigenvalue weighted by Crippen LogP contribution is -2.37. The molecule has 1 aliphatic heterocycles. The zero-order valence-corrected chi connectivity index (χ0v) is 15.9. The van der Waals surface area contributed by atoms with Crippen LogP contribution in [0.4, 0.5) is 0 Å². The minimum atomic E-state index is 0.272. The molecule has 0 bridgehead atoms. The van der Waals surface area contributed by atoms with Crippen LogP contribution in [0.5, 0.6) is 11.5 Å². The Labute approximate surface area is 152 Å². The van der Waals surface area contributed by atoms with Crippen molar-refractivity contribution >= 4 is 21.9 Å². The predicted molar refractivity (Wildman–Crippen MR) is 98.8 cm³/mol. The number of nitrogens with zero attached hydrogens (tertiary/aromatic N) is 1. The van der Waals surface area contributed by atoms with E-state index in [1.54, 1.807) is 7.05 Å². The van der Waals surface area contributed by atoms with Crippen LogP contribution in [-0.4, -0.2) is 39.6 Å². The molecule has 7 heteroatoms. The van der Waals surface area contributed by atoms with Crippen molar-refractivity contribution in [1.29, 1.82) is 0 Å². The van der Waals surface area contributed by atoms with Crippen LogP contribution in [0.1, 0.15) is 31.7 Å². The van der Waals surface area contributed by atoms with Gasteiger partial charge in [0.1, 0.15) is 0 Å². The highest BCUT2D eigenvalue weighted by atomic mass is 79.9. The Morgan fingerprint density at radius 3 is 2.88 bits per heavy atom. The topological polar surface area (TPSA) is 64.1 Å². The van der Waals surface area contributed by atoms with E-state index in [1.165, 1.54) is 6.42 Å². The fourth-order valence-corrected chi connectivity index (χ4v) is 2.86. The maximum absolute atomic E-state index is 5.54. The van der Waals surface area contributed by atoms with E-state index in [-0.39, 0.29) is 6.79 Å². The summed E-state index contributed by atoms with van der Waals surface area (Å²) in [6, 6.07) is 4.00. The average Bonchev–Trinajstić information content (AvgIpc) is 3.06. The van der Waals surface area contributed by atoms with Crippen molar-refractivity contribution < 1.29 is 14.2 Å². The smallest absolute Gasteiger partial charge is 0.231 e. The summed E-state index contributed by atoms with van der Waals surface area (Å²) in [6.07, 6.45) is 3.26. The predicted octanol–water partition coefficient (Wildman–Crippen LogP) is 3.05. The fourth-order valence-electron chi connectivity index (χ4n) is 2.26. The van der Waals surface area contributed by atoms with Gasteiger partial charge in [0.25, 0.3) is 0 Å². The van der Waals surface area contributed by atoms with Crippen molar-refractivity contribution in [3.63, 3.8) is 0 Å². The summed E-state index contributed by atoms with van der Waals surface area (Å²) < 4.78 is 17.3. The number of unbranched alkanes of at least 4 members (excludes halogenated alkanes) is 1. The van der Waals surface area contributed by atoms with E-state index in [0.29, 0.717) is 6.54 Å². The van der Waals surface area contributed by atoms with Gasteiger partial charge in [-0.05, 0) is 46.5 Å². The number of aliphatic imine (C=N–C) groups is 1. The highest BCUT2D eigenvalue weighted by molar-refractivity contribution is 9.10. The second-order valence-electron chi connectivity index (χ2n) is 5.48. The van der Waals surface area contributed by atoms with Crippen molar-refractivity contribution in [3.8, 4) is 11.5 Å². The summed E-state index contributed by atoms with van der Waals surface area (Å²) in [7, 11) is 1.77. The molecule has 0 amide bonds. The number of benzene rings is 1. The molecule has 1 heterocycles. The molecule has 1 aromatic carbocycles. The third-order valence-corrected chi connectivity index (χ3v) is 4.16. The van der Waals surface area contributed by atoms with Crippen LogP contribution in [0.15, 0.2) is 21.6 Å². The molecule has 1 aromatic rings. The molecule has 134 valence electrons. The molecule has 0 atom stereocenters. The number of guanidine groups is 1. The second kappa shape index (κ2) is 10.4. The lowest BCUT2D eigenvalue weighted by molar-refractivity contribution is 0.129. The van der Waals surface area contributed by atoms with Gasteiger partial charge in [0, 0.05) is 33.4 Å². The summed E-state index contributed by atoms with van der Waals surface area (Å²) in [5, 5.41) is 6.58. The Hall–Kier alpha value is -1.47. The Balaban J connectivity index is 1.69. The minimum Gasteiger partial charge on any atom is -0.454 e. The van der Waals surface area contributed by atoms with E-state index in [9.17, 15) is 0 Å². The molecule has 0 fully saturated rings. The highest BCUT2D eigenvalue weighted by Crippen LogP contribution is 2.39. The fraction of sp³-hybridized carbons (Fsp3) is 0.588. The Morgan fingerprint density at radius 2 is 2.08 bits per heavy atom. The molecule has 2 N–H and O–H groups in total. The van der Waals surface area contributed by atoms with E-state index >= 15 is 0 Å². The third-order valence-electron chi connectivity index (χ3n) is 3.57. The number of ether oxygens (including phenoxy) is 3. The highest BCUT2D eigenvalue weighted by Gasteiger charge is 2.17. The maximum Gasteiger partial charge on any atom is 0.231 e. The lowest BCUT2D eigenvalue weighted by Gasteiger charge is -2.12. The summed E-state index contributed by atoms with van der Waals surface area (Å²) >= 11 is 3.51. The van der Waals surface area contributed by atoms with Gasteiger partial charge in [0.2, 0.25) is 6.79 Å². The molecule has 2 rings (SSSR count). The SMILES string of the molecule is CCCCOCCCNC(=NC)NCc1cc(Br)c2c(c1)OCO2. The van der Waals surface area contributed by atoms with Crippen LogP contribution in [0.2, 0.25) is 0 Å². The molecule has 0 spiro atoms. The van der Waals surface area contributed by atoms with Crippen molar-refractivity contribution in [1.82, 2.24) is 10.6 Å². The molecule has 24 heavy (non-hydrogen) atoms. The lowest BCUT2D eigenvalue weighted by atomic mass is 10.2. The van der Waals surface area contributed by atoms with Gasteiger partial charge in [-0.2, -0.15) is 0 Å². The Kier molecular flexibility index (Phi) is 8.18. The molecule has 1 aliphatic rings. The first kappa shape index (κ1) is 18.9. The molecule has 0 aliphatic carbocycles. The quantitative estimate of drug-likeness (QED) is 0.379.